The molecule has 3 N–H and O–H groups in total. The van der Waals surface area contributed by atoms with Crippen LogP contribution < -0.4 is 5.73 Å². The van der Waals surface area contributed by atoms with Gasteiger partial charge in [-0.25, -0.2) is 15.9 Å². The normalized spacial score (nSPS) is 16.4. The highest BCUT2D eigenvalue weighted by molar-refractivity contribution is 7.91. The Morgan fingerprint density at radius 3 is 1.77 bits per heavy atom. The molecule has 0 bridgehead atoms. The number of carbonyl (C=O) groups excluding carboxylic acids is 1. The number of nitrogens with zero attached hydrogens (tertiary/aromatic N) is 2. The highest BCUT2D eigenvalue weighted by Crippen LogP contribution is 2.63. The molecule has 0 aliphatic rings. The van der Waals surface area contributed by atoms with E-state index >= 15 is 0 Å². The fourth-order valence-corrected chi connectivity index (χ4v) is 10.3. The van der Waals surface area contributed by atoms with Crippen LogP contribution >= 0.6 is 12.6 Å². The largest absolute Gasteiger partial charge is 0.498 e. The molecule has 0 heterocycles. The van der Waals surface area contributed by atoms with Crippen LogP contribution in [0.3, 0.4) is 0 Å². The molecule has 0 saturated heterocycles. The van der Waals surface area contributed by atoms with Crippen molar-refractivity contribution in [2.45, 2.75) is 171 Å². The molecule has 5 unspecified atom stereocenters. The van der Waals surface area contributed by atoms with Crippen LogP contribution in [0.15, 0.2) is 24.5 Å². The van der Waals surface area contributed by atoms with Crippen LogP contribution in [0.1, 0.15) is 161 Å². The summed E-state index contributed by atoms with van der Waals surface area (Å²) < 4.78 is 45.5. The fourth-order valence-electron chi connectivity index (χ4n) is 8.85. The Labute approximate surface area is 406 Å². The van der Waals surface area contributed by atoms with E-state index in [9.17, 15) is 17.8 Å². The number of rotatable bonds is 38. The first-order chi connectivity index (χ1) is 29.3. The zero-order valence-electron chi connectivity index (χ0n) is 43.4. The van der Waals surface area contributed by atoms with E-state index in [-0.39, 0.29) is 39.1 Å². The zero-order valence-corrected chi connectivity index (χ0v) is 46.7. The Kier molecular flexibility index (Phi) is 28.9. The molecule has 0 aliphatic carbocycles. The van der Waals surface area contributed by atoms with Gasteiger partial charge in [0.25, 0.3) is 0 Å². The minimum absolute atomic E-state index is 0.0200. The van der Waals surface area contributed by atoms with Gasteiger partial charge < -0.3 is 43.8 Å². The Balaban J connectivity index is 6.45. The number of nitrogens with two attached hydrogens (primary N) is 1. The number of carbonyl (C=O) groups is 1. The number of hydrogen-bond donors (Lipinski definition) is 3. The predicted molar refractivity (Wildman–Crippen MR) is 290 cm³/mol. The predicted octanol–water partition coefficient (Wildman–Crippen LogP) is 10.4. The van der Waals surface area contributed by atoms with Crippen LogP contribution in [-0.2, 0) is 50.0 Å². The first kappa shape index (κ1) is 63.2. The van der Waals surface area contributed by atoms with E-state index < -0.39 is 48.7 Å². The van der Waals surface area contributed by atoms with Crippen molar-refractivity contribution in [1.29, 1.82) is 0 Å². The van der Waals surface area contributed by atoms with E-state index in [2.05, 4.69) is 116 Å². The van der Waals surface area contributed by atoms with Crippen LogP contribution in [0.25, 0.3) is 0 Å². The van der Waals surface area contributed by atoms with Crippen LogP contribution in [0.4, 0.5) is 0 Å². The number of allylic oxidation sites excluding steroid dienone is 1. The van der Waals surface area contributed by atoms with E-state index in [1.165, 1.54) is 6.42 Å². The zero-order chi connectivity index (χ0) is 49.7. The van der Waals surface area contributed by atoms with Crippen molar-refractivity contribution < 1.29 is 27.2 Å². The van der Waals surface area contributed by atoms with E-state index in [1.54, 1.807) is 0 Å². The summed E-state index contributed by atoms with van der Waals surface area (Å²) in [4.78, 5) is 19.2. The third kappa shape index (κ3) is 21.7. The fraction of sp³-hybridized carbons (Fsp3) is 0.843. The number of ether oxygens (including phenoxy) is 2. The third-order valence-electron chi connectivity index (χ3n) is 15.1. The van der Waals surface area contributed by atoms with Crippen LogP contribution in [0, 0.1) is 33.0 Å². The summed E-state index contributed by atoms with van der Waals surface area (Å²) in [7, 11) is -1.21. The van der Waals surface area contributed by atoms with Gasteiger partial charge in [-0.2, -0.15) is 18.5 Å². The van der Waals surface area contributed by atoms with Gasteiger partial charge in [-0.05, 0) is 108 Å². The van der Waals surface area contributed by atoms with E-state index in [0.717, 1.165) is 88.2 Å². The Morgan fingerprint density at radius 1 is 0.766 bits per heavy atom. The average molecular weight is 979 g/mol. The Hall–Kier alpha value is -0.800. The number of unbranched alkanes of at least 4 members (excludes halogenated alkanes) is 1. The van der Waals surface area contributed by atoms with Crippen molar-refractivity contribution in [2.75, 3.05) is 69.7 Å². The standard InChI is InChI=1S/C51H99N3O6S4/c1-19-20-27-42(3)46(6,7)39-50(14,44(5)59-34-21-26-41(2)43(4)61)48(10,11)47(8,9)40-51(15,49(12,13)52)45(55)60-35-22-28-53(31-25-38-64(57)58)32-33-54(29-23-36-62(16)17)30-24-37-63(18)56/h42-43,61H,2,5,16-40,52H2,1,3-4,6-15H3,(H,57,58)/q-2. The molecular formula is C51H99N3O6S4-2. The highest BCUT2D eigenvalue weighted by atomic mass is 32.2. The van der Waals surface area contributed by atoms with Gasteiger partial charge in [0.1, 0.15) is 0 Å². The molecule has 0 aromatic carbocycles. The van der Waals surface area contributed by atoms with Crippen LogP contribution in [0.2, 0.25) is 0 Å². The van der Waals surface area contributed by atoms with E-state index in [4.69, 9.17) is 15.2 Å². The summed E-state index contributed by atoms with van der Waals surface area (Å²) >= 11 is 2.70. The van der Waals surface area contributed by atoms with Crippen molar-refractivity contribution in [1.82, 2.24) is 9.80 Å². The molecule has 380 valence electrons. The molecule has 0 rings (SSSR count). The second-order valence-corrected chi connectivity index (χ2v) is 26.5. The molecule has 9 nitrogen and oxygen atoms in total. The maximum absolute atomic E-state index is 14.5. The van der Waals surface area contributed by atoms with Gasteiger partial charge >= 0.3 is 5.97 Å². The highest BCUT2D eigenvalue weighted by Gasteiger charge is 2.59. The third-order valence-corrected chi connectivity index (χ3v) is 17.7. The molecule has 0 aromatic heterocycles. The Morgan fingerprint density at radius 2 is 1.28 bits per heavy atom. The molecule has 0 amide bonds. The average Bonchev–Trinajstić information content (AvgIpc) is 3.16. The monoisotopic (exact) mass is 978 g/mol. The van der Waals surface area contributed by atoms with E-state index in [0.29, 0.717) is 50.6 Å². The molecule has 13 heteroatoms. The number of thiol groups is 1. The van der Waals surface area contributed by atoms with Crippen molar-refractivity contribution in [3.63, 3.8) is 0 Å². The molecule has 0 aliphatic heterocycles. The summed E-state index contributed by atoms with van der Waals surface area (Å²) in [6.45, 7) is 43.0. The lowest BCUT2D eigenvalue weighted by molar-refractivity contribution is -0.166. The maximum atomic E-state index is 14.5. The molecule has 0 spiro atoms. The maximum Gasteiger partial charge on any atom is 0.313 e. The van der Waals surface area contributed by atoms with Gasteiger partial charge in [0.05, 0.1) is 30.1 Å². The van der Waals surface area contributed by atoms with Crippen LogP contribution in [-0.4, -0.2) is 123 Å². The second kappa shape index (κ2) is 29.3. The van der Waals surface area contributed by atoms with Gasteiger partial charge in [-0.3, -0.25) is 15.2 Å². The summed E-state index contributed by atoms with van der Waals surface area (Å²) in [6.07, 6.45) is 9.49. The van der Waals surface area contributed by atoms with Crippen molar-refractivity contribution in [2.24, 2.45) is 38.7 Å². The van der Waals surface area contributed by atoms with Crippen molar-refractivity contribution >= 4 is 67.8 Å². The molecule has 0 aromatic rings. The molecule has 0 fully saturated rings. The minimum atomic E-state index is -1.86. The van der Waals surface area contributed by atoms with E-state index in [1.807, 2.05) is 27.7 Å². The Bertz CT molecular complexity index is 1550. The molecule has 5 atom stereocenters. The lowest BCUT2D eigenvalue weighted by Gasteiger charge is -2.59. The van der Waals surface area contributed by atoms with Gasteiger partial charge in [0, 0.05) is 35.8 Å². The summed E-state index contributed by atoms with van der Waals surface area (Å²) in [5.74, 6) is 14.4. The summed E-state index contributed by atoms with van der Waals surface area (Å²) in [6, 6.07) is 0. The van der Waals surface area contributed by atoms with Gasteiger partial charge in [0.15, 0.2) is 11.1 Å². The van der Waals surface area contributed by atoms with Crippen LogP contribution in [0.5, 0.6) is 0 Å². The first-order valence-electron chi connectivity index (χ1n) is 24.0. The number of hydrogen-bond acceptors (Lipinski definition) is 11. The molecular weight excluding hydrogens is 879 g/mol. The summed E-state index contributed by atoms with van der Waals surface area (Å²) in [5.41, 5.74) is 4.81. The van der Waals surface area contributed by atoms with Gasteiger partial charge in [-0.15, -0.1) is 11.5 Å². The number of esters is 1. The van der Waals surface area contributed by atoms with Gasteiger partial charge in [0.2, 0.25) is 0 Å². The topological polar surface area (TPSA) is 122 Å². The first-order valence-corrected chi connectivity index (χ1v) is 29.0. The minimum Gasteiger partial charge on any atom is -0.498 e. The van der Waals surface area contributed by atoms with Gasteiger partial charge in [-0.1, -0.05) is 113 Å². The van der Waals surface area contributed by atoms with Crippen molar-refractivity contribution in [3.8, 4) is 0 Å². The lowest BCUT2D eigenvalue weighted by atomic mass is 9.46. The smallest absolute Gasteiger partial charge is 0.313 e. The SMILES string of the molecule is C=C(CCCOC(=C)C(C)(CC(C)(C)C(C)CCCC)C(C)(C)C(C)(C)CC(C)(C(=O)OCCCN(CCCS(=O)O)CCN(CCC[S-](=C)=C)CCC[S-](=C)=O)C(C)(C)N)C(C)S. The lowest BCUT2D eigenvalue weighted by Crippen LogP contribution is -2.59. The van der Waals surface area contributed by atoms with Crippen molar-refractivity contribution in [3.05, 3.63) is 24.5 Å². The molecule has 64 heavy (non-hydrogen) atoms. The quantitative estimate of drug-likeness (QED) is 0.00811. The summed E-state index contributed by atoms with van der Waals surface area (Å²) in [5, 5.41) is 0.134. The second-order valence-electron chi connectivity index (χ2n) is 21.7. The molecule has 0 saturated carbocycles. The molecule has 0 radical (unpaired) electrons.